The number of halogens is 2. The van der Waals surface area contributed by atoms with E-state index < -0.39 is 0 Å². The summed E-state index contributed by atoms with van der Waals surface area (Å²) in [5.74, 6) is 0.294. The number of ether oxygens (including phenoxy) is 1. The van der Waals surface area contributed by atoms with E-state index in [2.05, 4.69) is 0 Å². The van der Waals surface area contributed by atoms with Crippen molar-refractivity contribution in [2.45, 2.75) is 45.1 Å². The van der Waals surface area contributed by atoms with E-state index in [1.54, 1.807) is 30.3 Å². The van der Waals surface area contributed by atoms with Crippen LogP contribution in [0.1, 0.15) is 53.6 Å². The second kappa shape index (κ2) is 9.46. The number of Topliss-reactive ketones (excluding diaryl/α,β-unsaturated/α-hetero) is 1. The minimum atomic E-state index is -0.309. The maximum absolute atomic E-state index is 12.7. The minimum absolute atomic E-state index is 0.0390. The Balaban J connectivity index is 1.29. The van der Waals surface area contributed by atoms with E-state index in [-0.39, 0.29) is 30.0 Å². The summed E-state index contributed by atoms with van der Waals surface area (Å²) in [7, 11) is 0. The van der Waals surface area contributed by atoms with Gasteiger partial charge < -0.3 is 9.84 Å². The summed E-state index contributed by atoms with van der Waals surface area (Å²) in [6.45, 7) is 0.127. The van der Waals surface area contributed by atoms with Crippen LogP contribution in [0.25, 0.3) is 0 Å². The SMILES string of the molecule is O=C(OCc1cc(Cl)cc(Cl)c1)C1=CCCC(CC2Cc3ccc(O)cc3C2=O)CC1. The highest BCUT2D eigenvalue weighted by Crippen LogP contribution is 2.36. The summed E-state index contributed by atoms with van der Waals surface area (Å²) >= 11 is 12.0. The molecule has 1 N–H and O–H groups in total. The number of phenolic OH excluding ortho intramolecular Hbond substituents is 1. The number of esters is 1. The molecule has 0 heterocycles. The molecule has 6 heteroatoms. The molecule has 0 aliphatic heterocycles. The first-order chi connectivity index (χ1) is 14.9. The fourth-order valence-corrected chi connectivity index (χ4v) is 5.17. The number of phenols is 1. The van der Waals surface area contributed by atoms with Gasteiger partial charge >= 0.3 is 5.97 Å². The Morgan fingerprint density at radius 3 is 2.65 bits per heavy atom. The number of benzene rings is 2. The molecule has 2 aliphatic carbocycles. The lowest BCUT2D eigenvalue weighted by molar-refractivity contribution is -0.140. The Hall–Kier alpha value is -2.30. The molecular formula is C25H24Cl2O4. The summed E-state index contributed by atoms with van der Waals surface area (Å²) in [6, 6.07) is 10.2. The zero-order chi connectivity index (χ0) is 22.0. The van der Waals surface area contributed by atoms with Crippen LogP contribution in [0.4, 0.5) is 0 Å². The van der Waals surface area contributed by atoms with E-state index in [4.69, 9.17) is 27.9 Å². The molecule has 31 heavy (non-hydrogen) atoms. The second-order valence-electron chi connectivity index (χ2n) is 8.41. The van der Waals surface area contributed by atoms with Crippen LogP contribution in [-0.2, 0) is 22.6 Å². The summed E-state index contributed by atoms with van der Waals surface area (Å²) < 4.78 is 5.47. The van der Waals surface area contributed by atoms with Gasteiger partial charge in [0.15, 0.2) is 5.78 Å². The molecule has 0 aromatic heterocycles. The molecule has 2 aromatic carbocycles. The quantitative estimate of drug-likeness (QED) is 0.533. The van der Waals surface area contributed by atoms with Crippen LogP contribution in [0.15, 0.2) is 48.0 Å². The third-order valence-electron chi connectivity index (χ3n) is 6.16. The number of allylic oxidation sites excluding steroid dienone is 1. The van der Waals surface area contributed by atoms with Crippen LogP contribution >= 0.6 is 23.2 Å². The first-order valence-corrected chi connectivity index (χ1v) is 11.3. The van der Waals surface area contributed by atoms with Gasteiger partial charge in [-0.15, -0.1) is 0 Å². The molecule has 4 nitrogen and oxygen atoms in total. The van der Waals surface area contributed by atoms with Crippen LogP contribution in [0, 0.1) is 11.8 Å². The fourth-order valence-electron chi connectivity index (χ4n) is 4.60. The summed E-state index contributed by atoms with van der Waals surface area (Å²) in [5.41, 5.74) is 3.12. The molecule has 0 saturated carbocycles. The normalized spacial score (nSPS) is 20.7. The number of fused-ring (bicyclic) bond motifs is 1. The van der Waals surface area contributed by atoms with Gasteiger partial charge in [-0.2, -0.15) is 0 Å². The van der Waals surface area contributed by atoms with E-state index in [0.717, 1.165) is 43.2 Å². The third-order valence-corrected chi connectivity index (χ3v) is 6.59. The second-order valence-corrected chi connectivity index (χ2v) is 9.28. The topological polar surface area (TPSA) is 63.6 Å². The van der Waals surface area contributed by atoms with Gasteiger partial charge in [0.2, 0.25) is 0 Å². The van der Waals surface area contributed by atoms with Crippen molar-refractivity contribution in [3.8, 4) is 5.75 Å². The predicted octanol–water partition coefficient (Wildman–Crippen LogP) is 6.30. The Morgan fingerprint density at radius 1 is 1.10 bits per heavy atom. The Bertz CT molecular complexity index is 1020. The van der Waals surface area contributed by atoms with Gasteiger partial charge in [-0.1, -0.05) is 35.3 Å². The van der Waals surface area contributed by atoms with Crippen molar-refractivity contribution < 1.29 is 19.4 Å². The maximum atomic E-state index is 12.7. The molecule has 0 fully saturated rings. The molecule has 2 aromatic rings. The molecule has 0 saturated heterocycles. The predicted molar refractivity (Wildman–Crippen MR) is 121 cm³/mol. The Morgan fingerprint density at radius 2 is 1.87 bits per heavy atom. The summed E-state index contributed by atoms with van der Waals surface area (Å²) in [5, 5.41) is 10.7. The van der Waals surface area contributed by atoms with Crippen molar-refractivity contribution in [2.24, 2.45) is 11.8 Å². The van der Waals surface area contributed by atoms with Gasteiger partial charge in [-0.3, -0.25) is 4.79 Å². The van der Waals surface area contributed by atoms with Gasteiger partial charge in [0.1, 0.15) is 12.4 Å². The van der Waals surface area contributed by atoms with E-state index >= 15 is 0 Å². The highest BCUT2D eigenvalue weighted by Gasteiger charge is 2.33. The van der Waals surface area contributed by atoms with Gasteiger partial charge in [0, 0.05) is 27.1 Å². The molecule has 2 atom stereocenters. The van der Waals surface area contributed by atoms with Crippen molar-refractivity contribution in [1.82, 2.24) is 0 Å². The van der Waals surface area contributed by atoms with Gasteiger partial charge in [-0.25, -0.2) is 4.79 Å². The zero-order valence-electron chi connectivity index (χ0n) is 17.1. The van der Waals surface area contributed by atoms with Crippen LogP contribution in [0.2, 0.25) is 10.0 Å². The molecular weight excluding hydrogens is 435 g/mol. The number of rotatable bonds is 5. The number of carbonyl (C=O) groups excluding carboxylic acids is 2. The summed E-state index contributed by atoms with van der Waals surface area (Å²) in [4.78, 5) is 25.3. The molecule has 0 amide bonds. The van der Waals surface area contributed by atoms with Crippen LogP contribution in [0.3, 0.4) is 0 Å². The Kier molecular flexibility index (Phi) is 6.68. The first-order valence-electron chi connectivity index (χ1n) is 10.6. The lowest BCUT2D eigenvalue weighted by Crippen LogP contribution is -2.15. The highest BCUT2D eigenvalue weighted by molar-refractivity contribution is 6.34. The standard InChI is InChI=1S/C25H24Cl2O4/c26-20-9-16(10-21(27)12-20)14-31-25(30)17-3-1-2-15(4-5-17)8-19-11-18-6-7-22(28)13-23(18)24(19)29/h3,6-7,9-10,12-13,15,19,28H,1-2,4-5,8,11,14H2. The summed E-state index contributed by atoms with van der Waals surface area (Å²) in [6.07, 6.45) is 6.76. The van der Waals surface area contributed by atoms with Crippen LogP contribution in [-0.4, -0.2) is 16.9 Å². The number of carbonyl (C=O) groups is 2. The largest absolute Gasteiger partial charge is 0.508 e. The van der Waals surface area contributed by atoms with Gasteiger partial charge in [0.25, 0.3) is 0 Å². The van der Waals surface area contributed by atoms with E-state index in [0.29, 0.717) is 33.5 Å². The van der Waals surface area contributed by atoms with Crippen molar-refractivity contribution in [1.29, 1.82) is 0 Å². The molecule has 4 rings (SSSR count). The van der Waals surface area contributed by atoms with Gasteiger partial charge in [0.05, 0.1) is 0 Å². The molecule has 0 radical (unpaired) electrons. The average molecular weight is 459 g/mol. The Labute approximate surface area is 191 Å². The van der Waals surface area contributed by atoms with Gasteiger partial charge in [-0.05, 0) is 85.9 Å². The number of ketones is 1. The fraction of sp³-hybridized carbons (Fsp3) is 0.360. The number of hydrogen-bond acceptors (Lipinski definition) is 4. The molecule has 2 aliphatic rings. The van der Waals surface area contributed by atoms with Crippen molar-refractivity contribution in [3.05, 3.63) is 74.8 Å². The highest BCUT2D eigenvalue weighted by atomic mass is 35.5. The minimum Gasteiger partial charge on any atom is -0.508 e. The monoisotopic (exact) mass is 458 g/mol. The first kappa shape index (κ1) is 21.9. The molecule has 0 bridgehead atoms. The van der Waals surface area contributed by atoms with Crippen molar-refractivity contribution >= 4 is 35.0 Å². The molecule has 2 unspecified atom stereocenters. The van der Waals surface area contributed by atoms with Crippen LogP contribution in [0.5, 0.6) is 5.75 Å². The lowest BCUT2D eigenvalue weighted by atomic mass is 9.86. The number of aromatic hydroxyl groups is 1. The van der Waals surface area contributed by atoms with Crippen molar-refractivity contribution in [2.75, 3.05) is 0 Å². The molecule has 162 valence electrons. The van der Waals surface area contributed by atoms with Crippen molar-refractivity contribution in [3.63, 3.8) is 0 Å². The van der Waals surface area contributed by atoms with E-state index in [9.17, 15) is 14.7 Å². The maximum Gasteiger partial charge on any atom is 0.334 e. The lowest BCUT2D eigenvalue weighted by Gasteiger charge is -2.18. The number of hydrogen-bond donors (Lipinski definition) is 1. The average Bonchev–Trinajstić information content (AvgIpc) is 2.89. The molecule has 0 spiro atoms. The smallest absolute Gasteiger partial charge is 0.334 e. The zero-order valence-corrected chi connectivity index (χ0v) is 18.6. The van der Waals surface area contributed by atoms with E-state index in [1.165, 1.54) is 0 Å². The van der Waals surface area contributed by atoms with Crippen LogP contribution < -0.4 is 0 Å². The van der Waals surface area contributed by atoms with E-state index in [1.807, 2.05) is 12.1 Å². The third kappa shape index (κ3) is 5.31.